The van der Waals surface area contributed by atoms with Gasteiger partial charge in [-0.05, 0) is 45.4 Å². The van der Waals surface area contributed by atoms with E-state index in [1.807, 2.05) is 0 Å². The third kappa shape index (κ3) is 3.28. The van der Waals surface area contributed by atoms with Crippen molar-refractivity contribution in [2.75, 3.05) is 6.54 Å². The molecule has 2 fully saturated rings. The lowest BCUT2D eigenvalue weighted by atomic mass is 9.87. The Morgan fingerprint density at radius 3 is 2.23 bits per heavy atom. The second-order valence-corrected chi connectivity index (χ2v) is 6.47. The molecule has 1 saturated heterocycles. The molecule has 7 nitrogen and oxygen atoms in total. The van der Waals surface area contributed by atoms with E-state index in [1.165, 1.54) is 0 Å². The van der Waals surface area contributed by atoms with Gasteiger partial charge in [-0.2, -0.15) is 0 Å². The number of nitrogens with zero attached hydrogens (tertiary/aromatic N) is 2. The molecule has 1 saturated carbocycles. The lowest BCUT2D eigenvalue weighted by molar-refractivity contribution is -0.144. The Labute approximate surface area is 130 Å². The van der Waals surface area contributed by atoms with Crippen LogP contribution in [0.1, 0.15) is 46.5 Å². The summed E-state index contributed by atoms with van der Waals surface area (Å²) in [5.74, 6) is -1.50. The molecule has 2 aliphatic rings. The molecule has 122 valence electrons. The smallest absolute Gasteiger partial charge is 0.334 e. The van der Waals surface area contributed by atoms with Gasteiger partial charge in [0, 0.05) is 12.1 Å². The van der Waals surface area contributed by atoms with Gasteiger partial charge in [0.05, 0.1) is 0 Å². The van der Waals surface area contributed by atoms with E-state index in [4.69, 9.17) is 0 Å². The fraction of sp³-hybridized carbons (Fsp3) is 0.733. The van der Waals surface area contributed by atoms with Crippen LogP contribution in [0.5, 0.6) is 0 Å². The number of carbonyl (C=O) groups excluding carboxylic acids is 4. The minimum Gasteiger partial charge on any atom is -0.352 e. The molecule has 0 aromatic heterocycles. The van der Waals surface area contributed by atoms with Crippen molar-refractivity contribution >= 4 is 23.8 Å². The number of rotatable bonds is 4. The first-order valence-electron chi connectivity index (χ1n) is 7.79. The highest BCUT2D eigenvalue weighted by atomic mass is 16.2. The third-order valence-electron chi connectivity index (χ3n) is 4.28. The van der Waals surface area contributed by atoms with Crippen LogP contribution in [0.4, 0.5) is 4.79 Å². The van der Waals surface area contributed by atoms with Gasteiger partial charge in [-0.15, -0.1) is 0 Å². The monoisotopic (exact) mass is 309 g/mol. The van der Waals surface area contributed by atoms with Crippen LogP contribution < -0.4 is 5.32 Å². The second-order valence-electron chi connectivity index (χ2n) is 6.47. The normalized spacial score (nSPS) is 26.1. The van der Waals surface area contributed by atoms with Crippen LogP contribution >= 0.6 is 0 Å². The van der Waals surface area contributed by atoms with Gasteiger partial charge in [-0.25, -0.2) is 9.69 Å². The molecule has 22 heavy (non-hydrogen) atoms. The number of carbonyl (C=O) groups is 4. The van der Waals surface area contributed by atoms with Crippen LogP contribution in [0.3, 0.4) is 0 Å². The molecule has 1 aliphatic heterocycles. The molecule has 0 aromatic rings. The van der Waals surface area contributed by atoms with Gasteiger partial charge in [0.1, 0.15) is 6.54 Å². The van der Waals surface area contributed by atoms with Gasteiger partial charge in [-0.1, -0.05) is 6.92 Å². The van der Waals surface area contributed by atoms with E-state index >= 15 is 0 Å². The second kappa shape index (κ2) is 6.46. The number of urea groups is 1. The first-order chi connectivity index (χ1) is 10.3. The highest BCUT2D eigenvalue weighted by Gasteiger charge is 2.46. The standard InChI is InChI=1S/C15H23N3O4/c1-9(2)18-14(21)13(20)17(15(18)22)8-12(19)16-11-6-4-10(3)5-7-11/h9-11H,4-8H2,1-3H3,(H,16,19). The molecule has 2 rings (SSSR count). The molecule has 5 amide bonds. The zero-order valence-corrected chi connectivity index (χ0v) is 13.3. The predicted molar refractivity (Wildman–Crippen MR) is 78.7 cm³/mol. The highest BCUT2D eigenvalue weighted by molar-refractivity contribution is 6.45. The Kier molecular flexibility index (Phi) is 4.83. The van der Waals surface area contributed by atoms with Gasteiger partial charge >= 0.3 is 17.8 Å². The largest absolute Gasteiger partial charge is 0.352 e. The molecule has 1 aliphatic carbocycles. The van der Waals surface area contributed by atoms with Crippen molar-refractivity contribution in [2.45, 2.75) is 58.5 Å². The Morgan fingerprint density at radius 1 is 1.14 bits per heavy atom. The van der Waals surface area contributed by atoms with E-state index in [0.29, 0.717) is 5.92 Å². The Morgan fingerprint density at radius 2 is 1.73 bits per heavy atom. The van der Waals surface area contributed by atoms with Crippen molar-refractivity contribution in [1.82, 2.24) is 15.1 Å². The topological polar surface area (TPSA) is 86.8 Å². The summed E-state index contributed by atoms with van der Waals surface area (Å²) in [6, 6.07) is -1.03. The minimum atomic E-state index is -0.925. The van der Waals surface area contributed by atoms with Gasteiger partial charge < -0.3 is 5.32 Å². The number of hydrogen-bond acceptors (Lipinski definition) is 4. The molecular formula is C15H23N3O4. The number of imide groups is 2. The van der Waals surface area contributed by atoms with Crippen LogP contribution in [-0.4, -0.2) is 52.2 Å². The zero-order valence-electron chi connectivity index (χ0n) is 13.3. The fourth-order valence-electron chi connectivity index (χ4n) is 2.94. The summed E-state index contributed by atoms with van der Waals surface area (Å²) in [6.45, 7) is 5.09. The maximum Gasteiger partial charge on any atom is 0.334 e. The van der Waals surface area contributed by atoms with E-state index in [-0.39, 0.29) is 11.9 Å². The zero-order chi connectivity index (χ0) is 16.4. The van der Waals surface area contributed by atoms with Crippen molar-refractivity contribution < 1.29 is 19.2 Å². The summed E-state index contributed by atoms with van der Waals surface area (Å²) < 4.78 is 0. The van der Waals surface area contributed by atoms with Crippen LogP contribution in [0.2, 0.25) is 0 Å². The molecule has 0 aromatic carbocycles. The van der Waals surface area contributed by atoms with Crippen molar-refractivity contribution in [3.63, 3.8) is 0 Å². The van der Waals surface area contributed by atoms with Crippen molar-refractivity contribution in [1.29, 1.82) is 0 Å². The molecular weight excluding hydrogens is 286 g/mol. The lowest BCUT2D eigenvalue weighted by Crippen LogP contribution is -2.46. The van der Waals surface area contributed by atoms with E-state index in [2.05, 4.69) is 12.2 Å². The first-order valence-corrected chi connectivity index (χ1v) is 7.79. The van der Waals surface area contributed by atoms with Gasteiger partial charge in [-0.3, -0.25) is 19.3 Å². The van der Waals surface area contributed by atoms with E-state index < -0.39 is 30.4 Å². The SMILES string of the molecule is CC1CCC(NC(=O)CN2C(=O)C(=O)N(C(C)C)C2=O)CC1. The number of amides is 5. The van der Waals surface area contributed by atoms with Crippen molar-refractivity contribution in [3.8, 4) is 0 Å². The molecule has 0 radical (unpaired) electrons. The number of hydrogen-bond donors (Lipinski definition) is 1. The number of nitrogens with one attached hydrogen (secondary N) is 1. The molecule has 7 heteroatoms. The van der Waals surface area contributed by atoms with Gasteiger partial charge in [0.15, 0.2) is 0 Å². The van der Waals surface area contributed by atoms with E-state index in [0.717, 1.165) is 35.5 Å². The van der Waals surface area contributed by atoms with Crippen LogP contribution in [0, 0.1) is 5.92 Å². The minimum absolute atomic E-state index is 0.0911. The van der Waals surface area contributed by atoms with Gasteiger partial charge in [0.25, 0.3) is 0 Å². The Bertz CT molecular complexity index is 495. The Balaban J connectivity index is 1.92. The van der Waals surface area contributed by atoms with Crippen LogP contribution in [0.15, 0.2) is 0 Å². The average molecular weight is 309 g/mol. The maximum atomic E-state index is 12.1. The molecule has 1 N–H and O–H groups in total. The average Bonchev–Trinajstić information content (AvgIpc) is 2.65. The van der Waals surface area contributed by atoms with Crippen molar-refractivity contribution in [2.24, 2.45) is 5.92 Å². The summed E-state index contributed by atoms with van der Waals surface area (Å²) in [6.07, 6.45) is 3.94. The molecule has 0 unspecified atom stereocenters. The summed E-state index contributed by atoms with van der Waals surface area (Å²) in [7, 11) is 0. The maximum absolute atomic E-state index is 12.1. The molecule has 0 spiro atoms. The third-order valence-corrected chi connectivity index (χ3v) is 4.28. The summed E-state index contributed by atoms with van der Waals surface area (Å²) >= 11 is 0. The summed E-state index contributed by atoms with van der Waals surface area (Å²) in [4.78, 5) is 49.3. The van der Waals surface area contributed by atoms with E-state index in [1.54, 1.807) is 13.8 Å². The van der Waals surface area contributed by atoms with Crippen LogP contribution in [-0.2, 0) is 14.4 Å². The van der Waals surface area contributed by atoms with Crippen molar-refractivity contribution in [3.05, 3.63) is 0 Å². The fourth-order valence-corrected chi connectivity index (χ4v) is 2.94. The van der Waals surface area contributed by atoms with E-state index in [9.17, 15) is 19.2 Å². The first kappa shape index (κ1) is 16.5. The molecule has 1 heterocycles. The Hall–Kier alpha value is -1.92. The summed E-state index contributed by atoms with van der Waals surface area (Å²) in [5.41, 5.74) is 0. The molecule has 0 atom stereocenters. The van der Waals surface area contributed by atoms with Crippen LogP contribution in [0.25, 0.3) is 0 Å². The quantitative estimate of drug-likeness (QED) is 0.617. The molecule has 0 bridgehead atoms. The summed E-state index contributed by atoms with van der Waals surface area (Å²) in [5, 5.41) is 2.85. The predicted octanol–water partition coefficient (Wildman–Crippen LogP) is 0.880. The van der Waals surface area contributed by atoms with Gasteiger partial charge in [0.2, 0.25) is 5.91 Å². The lowest BCUT2D eigenvalue weighted by Gasteiger charge is -2.27. The highest BCUT2D eigenvalue weighted by Crippen LogP contribution is 2.23.